The number of hydrogen-bond acceptors (Lipinski definition) is 3. The highest BCUT2D eigenvalue weighted by atomic mass is 16.5. The van der Waals surface area contributed by atoms with Crippen LogP contribution in [-0.4, -0.2) is 20.3 Å². The second kappa shape index (κ2) is 10.5. The molecule has 1 atom stereocenters. The zero-order chi connectivity index (χ0) is 15.5. The summed E-state index contributed by atoms with van der Waals surface area (Å²) >= 11 is 0. The summed E-state index contributed by atoms with van der Waals surface area (Å²) in [4.78, 5) is 0. The topological polar surface area (TPSA) is 30.5 Å². The van der Waals surface area contributed by atoms with Crippen LogP contribution in [0.1, 0.15) is 52.0 Å². The maximum atomic E-state index is 5.62. The first-order valence-electron chi connectivity index (χ1n) is 8.25. The standard InChI is InChI=1S/C18H31NO2/c1-5-8-9-15(6-2)13-19-14-16-10-11-17(20-4)18(12-16)21-7-3/h10-12,15,19H,5-9,13-14H2,1-4H3. The largest absolute Gasteiger partial charge is 0.493 e. The molecule has 0 bridgehead atoms. The molecule has 0 heterocycles. The quantitative estimate of drug-likeness (QED) is 0.656. The lowest BCUT2D eigenvalue weighted by Crippen LogP contribution is -2.22. The van der Waals surface area contributed by atoms with Crippen LogP contribution in [0.5, 0.6) is 11.5 Å². The van der Waals surface area contributed by atoms with Crippen LogP contribution in [0.15, 0.2) is 18.2 Å². The predicted octanol–water partition coefficient (Wildman–Crippen LogP) is 4.40. The Labute approximate surface area is 130 Å². The average Bonchev–Trinajstić information content (AvgIpc) is 2.51. The Hall–Kier alpha value is -1.22. The average molecular weight is 293 g/mol. The van der Waals surface area contributed by atoms with Gasteiger partial charge in [-0.05, 0) is 43.5 Å². The summed E-state index contributed by atoms with van der Waals surface area (Å²) in [6.45, 7) is 9.15. The second-order valence-corrected chi connectivity index (χ2v) is 5.47. The summed E-state index contributed by atoms with van der Waals surface area (Å²) in [5.41, 5.74) is 1.24. The number of benzene rings is 1. The summed E-state index contributed by atoms with van der Waals surface area (Å²) < 4.78 is 10.9. The molecule has 0 aliphatic carbocycles. The number of hydrogen-bond donors (Lipinski definition) is 1. The number of methoxy groups -OCH3 is 1. The summed E-state index contributed by atoms with van der Waals surface area (Å²) in [6, 6.07) is 6.15. The van der Waals surface area contributed by atoms with Crippen molar-refractivity contribution in [1.82, 2.24) is 5.32 Å². The Morgan fingerprint density at radius 1 is 1.14 bits per heavy atom. The fourth-order valence-electron chi connectivity index (χ4n) is 2.46. The number of rotatable bonds is 11. The van der Waals surface area contributed by atoms with Crippen LogP contribution < -0.4 is 14.8 Å². The molecule has 0 saturated heterocycles. The first-order chi connectivity index (χ1) is 10.2. The van der Waals surface area contributed by atoms with Crippen molar-refractivity contribution < 1.29 is 9.47 Å². The van der Waals surface area contributed by atoms with Gasteiger partial charge in [-0.15, -0.1) is 0 Å². The molecule has 1 unspecified atom stereocenters. The fraction of sp³-hybridized carbons (Fsp3) is 0.667. The summed E-state index contributed by atoms with van der Waals surface area (Å²) in [5, 5.41) is 3.57. The number of ether oxygens (including phenoxy) is 2. The number of nitrogens with one attached hydrogen (secondary N) is 1. The van der Waals surface area contributed by atoms with E-state index in [2.05, 4.69) is 31.3 Å². The summed E-state index contributed by atoms with van der Waals surface area (Å²) in [7, 11) is 1.68. The highest BCUT2D eigenvalue weighted by Crippen LogP contribution is 2.28. The minimum absolute atomic E-state index is 0.655. The third kappa shape index (κ3) is 6.38. The maximum Gasteiger partial charge on any atom is 0.161 e. The van der Waals surface area contributed by atoms with Crippen LogP contribution in [0, 0.1) is 5.92 Å². The molecule has 0 saturated carbocycles. The highest BCUT2D eigenvalue weighted by molar-refractivity contribution is 5.42. The third-order valence-corrected chi connectivity index (χ3v) is 3.83. The van der Waals surface area contributed by atoms with Gasteiger partial charge in [0, 0.05) is 6.54 Å². The van der Waals surface area contributed by atoms with Crippen LogP contribution in [0.4, 0.5) is 0 Å². The molecule has 1 rings (SSSR count). The second-order valence-electron chi connectivity index (χ2n) is 5.47. The highest BCUT2D eigenvalue weighted by Gasteiger charge is 2.07. The maximum absolute atomic E-state index is 5.62. The molecule has 0 fully saturated rings. The lowest BCUT2D eigenvalue weighted by Gasteiger charge is -2.16. The van der Waals surface area contributed by atoms with Crippen molar-refractivity contribution in [2.45, 2.75) is 53.0 Å². The molecule has 0 aliphatic heterocycles. The van der Waals surface area contributed by atoms with E-state index in [9.17, 15) is 0 Å². The first kappa shape index (κ1) is 17.8. The Bertz CT molecular complexity index is 393. The third-order valence-electron chi connectivity index (χ3n) is 3.83. The van der Waals surface area contributed by atoms with Crippen molar-refractivity contribution in [3.05, 3.63) is 23.8 Å². The zero-order valence-corrected chi connectivity index (χ0v) is 14.1. The van der Waals surface area contributed by atoms with Crippen LogP contribution in [0.25, 0.3) is 0 Å². The lowest BCUT2D eigenvalue weighted by molar-refractivity contribution is 0.310. The van der Waals surface area contributed by atoms with E-state index in [-0.39, 0.29) is 0 Å². The Morgan fingerprint density at radius 2 is 1.95 bits per heavy atom. The van der Waals surface area contributed by atoms with Gasteiger partial charge in [0.05, 0.1) is 13.7 Å². The predicted molar refractivity (Wildman–Crippen MR) is 89.2 cm³/mol. The van der Waals surface area contributed by atoms with Crippen molar-refractivity contribution in [1.29, 1.82) is 0 Å². The molecule has 21 heavy (non-hydrogen) atoms. The van der Waals surface area contributed by atoms with Crippen molar-refractivity contribution in [3.63, 3.8) is 0 Å². The molecule has 0 spiro atoms. The molecule has 1 aromatic rings. The normalized spacial score (nSPS) is 12.2. The van der Waals surface area contributed by atoms with Gasteiger partial charge in [0.2, 0.25) is 0 Å². The van der Waals surface area contributed by atoms with E-state index in [4.69, 9.17) is 9.47 Å². The van der Waals surface area contributed by atoms with Gasteiger partial charge < -0.3 is 14.8 Å². The minimum Gasteiger partial charge on any atom is -0.493 e. The molecular weight excluding hydrogens is 262 g/mol. The molecule has 1 N–H and O–H groups in total. The molecule has 1 aromatic carbocycles. The SMILES string of the molecule is CCCCC(CC)CNCc1ccc(OC)c(OCC)c1. The Balaban J connectivity index is 2.49. The lowest BCUT2D eigenvalue weighted by atomic mass is 9.99. The first-order valence-corrected chi connectivity index (χ1v) is 8.25. The van der Waals surface area contributed by atoms with Crippen LogP contribution in [0.2, 0.25) is 0 Å². The van der Waals surface area contributed by atoms with E-state index in [1.165, 1.54) is 31.2 Å². The monoisotopic (exact) mass is 293 g/mol. The number of unbranched alkanes of at least 4 members (excludes halogenated alkanes) is 1. The van der Waals surface area contributed by atoms with E-state index < -0.39 is 0 Å². The van der Waals surface area contributed by atoms with Gasteiger partial charge in [-0.1, -0.05) is 39.2 Å². The Morgan fingerprint density at radius 3 is 2.57 bits per heavy atom. The van der Waals surface area contributed by atoms with E-state index in [0.29, 0.717) is 6.61 Å². The van der Waals surface area contributed by atoms with Gasteiger partial charge in [0.15, 0.2) is 11.5 Å². The molecule has 0 radical (unpaired) electrons. The van der Waals surface area contributed by atoms with Gasteiger partial charge in [-0.25, -0.2) is 0 Å². The molecule has 3 heteroatoms. The van der Waals surface area contributed by atoms with E-state index in [1.807, 2.05) is 13.0 Å². The van der Waals surface area contributed by atoms with Crippen molar-refractivity contribution >= 4 is 0 Å². The van der Waals surface area contributed by atoms with Crippen LogP contribution in [-0.2, 0) is 6.54 Å². The molecule has 120 valence electrons. The Kier molecular flexibility index (Phi) is 8.91. The summed E-state index contributed by atoms with van der Waals surface area (Å²) in [6.07, 6.45) is 5.19. The smallest absolute Gasteiger partial charge is 0.161 e. The molecule has 0 amide bonds. The van der Waals surface area contributed by atoms with Gasteiger partial charge in [-0.3, -0.25) is 0 Å². The zero-order valence-electron chi connectivity index (χ0n) is 14.1. The van der Waals surface area contributed by atoms with Gasteiger partial charge in [-0.2, -0.15) is 0 Å². The van der Waals surface area contributed by atoms with E-state index in [1.54, 1.807) is 7.11 Å². The minimum atomic E-state index is 0.655. The van der Waals surface area contributed by atoms with Crippen molar-refractivity contribution in [2.24, 2.45) is 5.92 Å². The summed E-state index contributed by atoms with van der Waals surface area (Å²) in [5.74, 6) is 2.42. The van der Waals surface area contributed by atoms with E-state index in [0.717, 1.165) is 30.5 Å². The van der Waals surface area contributed by atoms with Gasteiger partial charge >= 0.3 is 0 Å². The molecule has 0 aromatic heterocycles. The van der Waals surface area contributed by atoms with Crippen molar-refractivity contribution in [3.8, 4) is 11.5 Å². The molecule has 3 nitrogen and oxygen atoms in total. The fourth-order valence-corrected chi connectivity index (χ4v) is 2.46. The van der Waals surface area contributed by atoms with Gasteiger partial charge in [0.25, 0.3) is 0 Å². The van der Waals surface area contributed by atoms with Crippen LogP contribution in [0.3, 0.4) is 0 Å². The van der Waals surface area contributed by atoms with Crippen molar-refractivity contribution in [2.75, 3.05) is 20.3 Å². The van der Waals surface area contributed by atoms with E-state index >= 15 is 0 Å². The molecular formula is C18H31NO2. The van der Waals surface area contributed by atoms with Crippen LogP contribution >= 0.6 is 0 Å². The molecule has 0 aliphatic rings. The van der Waals surface area contributed by atoms with Gasteiger partial charge in [0.1, 0.15) is 0 Å².